The Labute approximate surface area is 165 Å². The van der Waals surface area contributed by atoms with Crippen molar-refractivity contribution in [1.29, 1.82) is 0 Å². The highest BCUT2D eigenvalue weighted by Crippen LogP contribution is 2.19. The van der Waals surface area contributed by atoms with Gasteiger partial charge in [0.25, 0.3) is 17.7 Å². The number of nitrogens with one attached hydrogen (secondary N) is 2. The molecule has 4 N–H and O–H groups in total. The lowest BCUT2D eigenvalue weighted by Gasteiger charge is -2.10. The third-order valence-corrected chi connectivity index (χ3v) is 4.36. The van der Waals surface area contributed by atoms with Crippen molar-refractivity contribution in [3.8, 4) is 5.69 Å². The fourth-order valence-electron chi connectivity index (χ4n) is 2.82. The molecule has 0 unspecified atom stereocenters. The maximum Gasteiger partial charge on any atom is 0.272 e. The second-order valence-electron chi connectivity index (χ2n) is 6.17. The van der Waals surface area contributed by atoms with Crippen LogP contribution in [-0.4, -0.2) is 34.3 Å². The highest BCUT2D eigenvalue weighted by atomic mass is 19.1. The number of carbonyl (C=O) groups excluding carboxylic acids is 3. The first-order valence-electron chi connectivity index (χ1n) is 8.59. The molecular formula is C20H18FN5O3. The molecule has 0 aliphatic carbocycles. The van der Waals surface area contributed by atoms with E-state index < -0.39 is 23.5 Å². The van der Waals surface area contributed by atoms with Crippen LogP contribution in [0.15, 0.2) is 48.8 Å². The second kappa shape index (κ2) is 7.93. The summed E-state index contributed by atoms with van der Waals surface area (Å²) in [6.07, 6.45) is 1.31. The Morgan fingerprint density at radius 3 is 2.38 bits per heavy atom. The van der Waals surface area contributed by atoms with Crippen LogP contribution in [0.5, 0.6) is 0 Å². The average Bonchev–Trinajstić information content (AvgIpc) is 3.15. The van der Waals surface area contributed by atoms with E-state index >= 15 is 0 Å². The minimum Gasteiger partial charge on any atom is -0.364 e. The van der Waals surface area contributed by atoms with Crippen LogP contribution in [0.3, 0.4) is 0 Å². The number of anilines is 1. The number of hydrogen-bond donors (Lipinski definition) is 3. The van der Waals surface area contributed by atoms with Gasteiger partial charge in [-0.2, -0.15) is 0 Å². The number of aromatic nitrogens is 2. The number of nitrogens with two attached hydrogens (primary N) is 1. The van der Waals surface area contributed by atoms with Gasteiger partial charge in [-0.15, -0.1) is 0 Å². The minimum absolute atomic E-state index is 0.0588. The van der Waals surface area contributed by atoms with Crippen LogP contribution in [0.25, 0.3) is 5.69 Å². The summed E-state index contributed by atoms with van der Waals surface area (Å²) in [5.41, 5.74) is 6.74. The molecule has 0 aliphatic heterocycles. The fraction of sp³-hybridized carbons (Fsp3) is 0.100. The zero-order chi connectivity index (χ0) is 21.1. The lowest BCUT2D eigenvalue weighted by atomic mass is 10.1. The maximum atomic E-state index is 13.7. The van der Waals surface area contributed by atoms with Gasteiger partial charge >= 0.3 is 0 Å². The van der Waals surface area contributed by atoms with Crippen molar-refractivity contribution in [1.82, 2.24) is 14.9 Å². The van der Waals surface area contributed by atoms with Gasteiger partial charge in [0, 0.05) is 24.0 Å². The molecule has 1 aromatic heterocycles. The molecule has 9 heteroatoms. The Morgan fingerprint density at radius 2 is 1.76 bits per heavy atom. The lowest BCUT2D eigenvalue weighted by Crippen LogP contribution is -2.25. The Hall–Kier alpha value is -4.01. The van der Waals surface area contributed by atoms with Gasteiger partial charge < -0.3 is 16.4 Å². The van der Waals surface area contributed by atoms with E-state index in [2.05, 4.69) is 15.6 Å². The van der Waals surface area contributed by atoms with Crippen LogP contribution in [0.1, 0.15) is 36.9 Å². The van der Waals surface area contributed by atoms with E-state index in [4.69, 9.17) is 5.73 Å². The topological polar surface area (TPSA) is 119 Å². The predicted molar refractivity (Wildman–Crippen MR) is 105 cm³/mol. The molecule has 0 fully saturated rings. The van der Waals surface area contributed by atoms with Gasteiger partial charge in [0.1, 0.15) is 17.8 Å². The first-order chi connectivity index (χ1) is 13.8. The Bertz CT molecular complexity index is 1110. The van der Waals surface area contributed by atoms with Crippen molar-refractivity contribution in [2.75, 3.05) is 12.4 Å². The van der Waals surface area contributed by atoms with Crippen LogP contribution in [0.4, 0.5) is 10.1 Å². The van der Waals surface area contributed by atoms with Crippen molar-refractivity contribution < 1.29 is 18.8 Å². The molecular weight excluding hydrogens is 377 g/mol. The third-order valence-electron chi connectivity index (χ3n) is 4.36. The third kappa shape index (κ3) is 3.84. The monoisotopic (exact) mass is 395 g/mol. The largest absolute Gasteiger partial charge is 0.364 e. The number of hydrogen-bond acceptors (Lipinski definition) is 4. The number of rotatable bonds is 5. The van der Waals surface area contributed by atoms with Crippen molar-refractivity contribution >= 4 is 23.4 Å². The first-order valence-corrected chi connectivity index (χ1v) is 8.59. The van der Waals surface area contributed by atoms with Gasteiger partial charge in [-0.05, 0) is 48.9 Å². The summed E-state index contributed by atoms with van der Waals surface area (Å²) in [5.74, 6) is -2.25. The van der Waals surface area contributed by atoms with E-state index in [0.717, 1.165) is 0 Å². The average molecular weight is 395 g/mol. The first kappa shape index (κ1) is 19.7. The molecule has 1 heterocycles. The van der Waals surface area contributed by atoms with E-state index in [0.29, 0.717) is 11.4 Å². The number of amides is 3. The molecule has 0 atom stereocenters. The van der Waals surface area contributed by atoms with E-state index in [1.54, 1.807) is 24.3 Å². The maximum absolute atomic E-state index is 13.7. The fourth-order valence-corrected chi connectivity index (χ4v) is 2.82. The van der Waals surface area contributed by atoms with Gasteiger partial charge in [0.2, 0.25) is 0 Å². The van der Waals surface area contributed by atoms with Gasteiger partial charge in [-0.3, -0.25) is 19.0 Å². The second-order valence-corrected chi connectivity index (χ2v) is 6.17. The number of benzene rings is 2. The standard InChI is InChI=1S/C20H18FN5O3/c1-11-14(4-3-5-15(11)21)19(28)25-12-6-8-13(9-7-12)26-10-24-16(20(29)23-2)17(26)18(22)27/h3-10H,1-2H3,(H2,22,27)(H,23,29)(H,25,28). The van der Waals surface area contributed by atoms with Crippen molar-refractivity contribution in [3.63, 3.8) is 0 Å². The van der Waals surface area contributed by atoms with E-state index in [-0.39, 0.29) is 22.5 Å². The summed E-state index contributed by atoms with van der Waals surface area (Å²) < 4.78 is 15.0. The molecule has 3 rings (SSSR count). The molecule has 3 amide bonds. The molecule has 3 aromatic rings. The van der Waals surface area contributed by atoms with E-state index in [1.165, 1.54) is 43.1 Å². The zero-order valence-corrected chi connectivity index (χ0v) is 15.7. The summed E-state index contributed by atoms with van der Waals surface area (Å²) in [4.78, 5) is 40.1. The summed E-state index contributed by atoms with van der Waals surface area (Å²) in [7, 11) is 1.42. The molecule has 0 radical (unpaired) electrons. The molecule has 0 saturated carbocycles. The van der Waals surface area contributed by atoms with Gasteiger partial charge in [0.05, 0.1) is 0 Å². The molecule has 0 aliphatic rings. The predicted octanol–water partition coefficient (Wildman–Crippen LogP) is 2.03. The smallest absolute Gasteiger partial charge is 0.272 e. The minimum atomic E-state index is -0.806. The SMILES string of the molecule is CNC(=O)c1ncn(-c2ccc(NC(=O)c3cccc(F)c3C)cc2)c1C(N)=O. The van der Waals surface area contributed by atoms with Gasteiger partial charge in [0.15, 0.2) is 5.69 Å². The molecule has 2 aromatic carbocycles. The molecule has 0 spiro atoms. The molecule has 0 saturated heterocycles. The number of halogens is 1. The number of carbonyl (C=O) groups is 3. The Morgan fingerprint density at radius 1 is 1.07 bits per heavy atom. The number of primary amides is 1. The van der Waals surface area contributed by atoms with Crippen LogP contribution in [0.2, 0.25) is 0 Å². The highest BCUT2D eigenvalue weighted by Gasteiger charge is 2.22. The summed E-state index contributed by atoms with van der Waals surface area (Å²) in [6.45, 7) is 1.53. The summed E-state index contributed by atoms with van der Waals surface area (Å²) in [6, 6.07) is 10.7. The summed E-state index contributed by atoms with van der Waals surface area (Å²) >= 11 is 0. The lowest BCUT2D eigenvalue weighted by molar-refractivity contribution is 0.0937. The van der Waals surface area contributed by atoms with Crippen molar-refractivity contribution in [3.05, 3.63) is 77.1 Å². The summed E-state index contributed by atoms with van der Waals surface area (Å²) in [5, 5.41) is 5.09. The van der Waals surface area contributed by atoms with Crippen molar-refractivity contribution in [2.45, 2.75) is 6.92 Å². The quantitative estimate of drug-likeness (QED) is 0.612. The van der Waals surface area contributed by atoms with Crippen LogP contribution >= 0.6 is 0 Å². The van der Waals surface area contributed by atoms with Gasteiger partial charge in [-0.1, -0.05) is 6.07 Å². The van der Waals surface area contributed by atoms with Crippen molar-refractivity contribution in [2.24, 2.45) is 5.73 Å². The zero-order valence-electron chi connectivity index (χ0n) is 15.7. The Kier molecular flexibility index (Phi) is 5.40. The van der Waals surface area contributed by atoms with Crippen LogP contribution in [-0.2, 0) is 0 Å². The Balaban J connectivity index is 1.87. The normalized spacial score (nSPS) is 10.4. The van der Waals surface area contributed by atoms with Crippen LogP contribution < -0.4 is 16.4 Å². The van der Waals surface area contributed by atoms with Crippen LogP contribution in [0, 0.1) is 12.7 Å². The number of imidazole rings is 1. The molecule has 8 nitrogen and oxygen atoms in total. The van der Waals surface area contributed by atoms with Gasteiger partial charge in [-0.25, -0.2) is 9.37 Å². The molecule has 0 bridgehead atoms. The highest BCUT2D eigenvalue weighted by molar-refractivity contribution is 6.06. The molecule has 148 valence electrons. The number of nitrogens with zero attached hydrogens (tertiary/aromatic N) is 2. The molecule has 29 heavy (non-hydrogen) atoms. The van der Waals surface area contributed by atoms with E-state index in [1.807, 2.05) is 0 Å². The van der Waals surface area contributed by atoms with E-state index in [9.17, 15) is 18.8 Å².